The fraction of sp³-hybridized carbons (Fsp3) is 0. The molecule has 3 nitrogen and oxygen atoms in total. The van der Waals surface area contributed by atoms with Gasteiger partial charge in [-0.3, -0.25) is 0 Å². The van der Waals surface area contributed by atoms with Gasteiger partial charge in [0.1, 0.15) is 33.5 Å². The maximum absolute atomic E-state index is 6.38. The summed E-state index contributed by atoms with van der Waals surface area (Å²) in [5.74, 6) is 0. The first-order valence-corrected chi connectivity index (χ1v) is 48.6. The number of fused-ring (bicyclic) bond motifs is 21. The fourth-order valence-electron chi connectivity index (χ4n) is 23.3. The van der Waals surface area contributed by atoms with Gasteiger partial charge in [0.2, 0.25) is 0 Å². The predicted molar refractivity (Wildman–Crippen MR) is 600 cm³/mol. The Balaban J connectivity index is 0.000000104. The van der Waals surface area contributed by atoms with Crippen molar-refractivity contribution in [2.24, 2.45) is 0 Å². The summed E-state index contributed by atoms with van der Waals surface area (Å²) in [6.07, 6.45) is 0. The summed E-state index contributed by atoms with van der Waals surface area (Å²) >= 11 is 0. The number of para-hydroxylation sites is 3. The van der Waals surface area contributed by atoms with Gasteiger partial charge < -0.3 is 13.3 Å². The molecule has 0 unspecified atom stereocenters. The monoisotopic (exact) mass is 1790 g/mol. The minimum absolute atomic E-state index is 0.911. The minimum Gasteiger partial charge on any atom is -0.456 e. The first-order valence-electron chi connectivity index (χ1n) is 48.6. The molecule has 654 valence electrons. The lowest BCUT2D eigenvalue weighted by Crippen LogP contribution is -1.94. The minimum atomic E-state index is 0.911. The standard InChI is InChI=1S/3C46H28O/c1-2-16-32-29(12-1)13-9-22-33(32)36-23-10-14-30-15-11-24-41(44(30)36)46-39-20-5-3-18-37(39)45(38-19-4-6-21-40(38)46)31-26-27-35-34-17-7-8-25-42(34)47-43(35)28-31;1-2-14-33-29(11-1)12-9-20-34(33)31-24-23-30-13-10-21-41(42(30)27-31)46-39-18-5-3-16-37(39)45(38-17-4-6-19-40(38)46)32-25-26-36-35-15-7-8-22-43(35)47-44(36)28-32;1-2-13-31-27-32(22-21-29(31)11-1)35-25-23-30-12-3-4-14-34(30)45(35)46-40-18-7-5-16-38(40)44(39-17-6-8-19-41(39)46)33-24-26-37-36-15-9-10-20-42(36)47-43(37)28-33/h3*1-28H. The second-order valence-corrected chi connectivity index (χ2v) is 37.2. The zero-order valence-electron chi connectivity index (χ0n) is 76.7. The van der Waals surface area contributed by atoms with Crippen molar-refractivity contribution in [3.63, 3.8) is 0 Å². The number of hydrogen-bond acceptors (Lipinski definition) is 3. The van der Waals surface area contributed by atoms with Gasteiger partial charge in [-0.15, -0.1) is 0 Å². The Hall–Kier alpha value is -18.5. The van der Waals surface area contributed by atoms with Gasteiger partial charge in [-0.1, -0.05) is 443 Å². The molecule has 3 heteroatoms. The highest BCUT2D eigenvalue weighted by Crippen LogP contribution is 2.54. The van der Waals surface area contributed by atoms with Gasteiger partial charge in [-0.05, 0) is 296 Å². The van der Waals surface area contributed by atoms with Crippen molar-refractivity contribution in [2.75, 3.05) is 0 Å². The number of benzene rings is 27. The third-order valence-corrected chi connectivity index (χ3v) is 29.5. The fourth-order valence-corrected chi connectivity index (χ4v) is 23.3. The van der Waals surface area contributed by atoms with Crippen LogP contribution in [0.3, 0.4) is 0 Å². The topological polar surface area (TPSA) is 39.4 Å². The molecule has 141 heavy (non-hydrogen) atoms. The maximum Gasteiger partial charge on any atom is 0.136 e. The smallest absolute Gasteiger partial charge is 0.136 e. The van der Waals surface area contributed by atoms with Crippen molar-refractivity contribution in [3.8, 4) is 100 Å². The van der Waals surface area contributed by atoms with Gasteiger partial charge in [0.05, 0.1) is 0 Å². The first kappa shape index (κ1) is 80.9. The Kier molecular flexibility index (Phi) is 19.0. The van der Waals surface area contributed by atoms with Crippen molar-refractivity contribution < 1.29 is 13.3 Å². The first-order chi connectivity index (χ1) is 70.0. The van der Waals surface area contributed by atoms with Crippen molar-refractivity contribution in [2.45, 2.75) is 0 Å². The van der Waals surface area contributed by atoms with Crippen LogP contribution < -0.4 is 0 Å². The third-order valence-electron chi connectivity index (χ3n) is 29.5. The molecule has 30 aromatic rings. The second kappa shape index (κ2) is 33.2. The zero-order chi connectivity index (χ0) is 92.7. The molecule has 3 heterocycles. The molecular formula is C138H84O3. The van der Waals surface area contributed by atoms with Crippen LogP contribution >= 0.6 is 0 Å². The van der Waals surface area contributed by atoms with E-state index >= 15 is 0 Å². The Morgan fingerprint density at radius 3 is 0.809 bits per heavy atom. The SMILES string of the molecule is c1ccc2c(-c3ccc4cccc(-c5c6ccccc6c(-c6ccc7c(c6)oc6ccccc67)c6ccccc56)c4c3)cccc2c1.c1ccc2c(-c3cccc4cccc(-c5c6ccccc6c(-c6ccc7c(c6)oc6ccccc67)c6ccccc56)c34)cccc2c1.c1ccc2cc(-c3ccc4ccccc4c3-c3c4ccccc4c(-c4ccc5c(c4)oc4ccccc45)c4ccccc34)ccc2c1. The molecule has 27 aromatic carbocycles. The summed E-state index contributed by atoms with van der Waals surface area (Å²) in [4.78, 5) is 0. The van der Waals surface area contributed by atoms with Gasteiger partial charge in [0.25, 0.3) is 0 Å². The molecule has 0 radical (unpaired) electrons. The van der Waals surface area contributed by atoms with E-state index in [4.69, 9.17) is 13.3 Å². The molecule has 0 bridgehead atoms. The summed E-state index contributed by atoms with van der Waals surface area (Å²) in [5, 5.41) is 36.8. The summed E-state index contributed by atoms with van der Waals surface area (Å²) in [7, 11) is 0. The van der Waals surface area contributed by atoms with Crippen LogP contribution in [0.25, 0.3) is 295 Å². The summed E-state index contributed by atoms with van der Waals surface area (Å²) < 4.78 is 19.1. The highest BCUT2D eigenvalue weighted by molar-refractivity contribution is 6.30. The third kappa shape index (κ3) is 13.3. The van der Waals surface area contributed by atoms with Gasteiger partial charge in [-0.25, -0.2) is 0 Å². The quantitative estimate of drug-likeness (QED) is 0.135. The van der Waals surface area contributed by atoms with Crippen LogP contribution in [0.2, 0.25) is 0 Å². The maximum atomic E-state index is 6.38. The number of rotatable bonds is 9. The molecule has 0 aliphatic rings. The van der Waals surface area contributed by atoms with Crippen LogP contribution in [0, 0.1) is 0 Å². The molecule has 30 rings (SSSR count). The lowest BCUT2D eigenvalue weighted by Gasteiger charge is -2.21. The van der Waals surface area contributed by atoms with Gasteiger partial charge in [0.15, 0.2) is 0 Å². The average Bonchev–Trinajstić information content (AvgIpc) is 1.37. The van der Waals surface area contributed by atoms with Crippen LogP contribution in [0.4, 0.5) is 0 Å². The van der Waals surface area contributed by atoms with E-state index in [2.05, 4.69) is 473 Å². The van der Waals surface area contributed by atoms with Crippen molar-refractivity contribution >= 4 is 195 Å². The van der Waals surface area contributed by atoms with E-state index < -0.39 is 0 Å². The summed E-state index contributed by atoms with van der Waals surface area (Å²) in [6, 6.07) is 185. The summed E-state index contributed by atoms with van der Waals surface area (Å²) in [5.41, 5.74) is 27.7. The normalized spacial score (nSPS) is 11.8. The highest BCUT2D eigenvalue weighted by Gasteiger charge is 2.27. The molecule has 0 N–H and O–H groups in total. The van der Waals surface area contributed by atoms with Crippen LogP contribution in [0.15, 0.2) is 523 Å². The van der Waals surface area contributed by atoms with E-state index in [0.29, 0.717) is 0 Å². The van der Waals surface area contributed by atoms with E-state index in [0.717, 1.165) is 82.5 Å². The molecule has 0 atom stereocenters. The lowest BCUT2D eigenvalue weighted by atomic mass is 9.82. The van der Waals surface area contributed by atoms with Crippen LogP contribution in [0.5, 0.6) is 0 Å². The Morgan fingerprint density at radius 1 is 0.0993 bits per heavy atom. The molecule has 0 fully saturated rings. The van der Waals surface area contributed by atoms with Crippen molar-refractivity contribution in [1.82, 2.24) is 0 Å². The summed E-state index contributed by atoms with van der Waals surface area (Å²) in [6.45, 7) is 0. The largest absolute Gasteiger partial charge is 0.456 e. The molecule has 0 amide bonds. The van der Waals surface area contributed by atoms with Crippen LogP contribution in [0.1, 0.15) is 0 Å². The van der Waals surface area contributed by atoms with Crippen LogP contribution in [-0.2, 0) is 0 Å². The van der Waals surface area contributed by atoms with E-state index in [1.165, 1.54) is 213 Å². The van der Waals surface area contributed by atoms with Gasteiger partial charge in [-0.2, -0.15) is 0 Å². The highest BCUT2D eigenvalue weighted by atomic mass is 16.3. The number of furan rings is 3. The van der Waals surface area contributed by atoms with E-state index in [1.54, 1.807) is 0 Å². The van der Waals surface area contributed by atoms with E-state index in [9.17, 15) is 0 Å². The molecule has 0 saturated carbocycles. The molecule has 0 saturated heterocycles. The molecule has 3 aromatic heterocycles. The molecule has 0 spiro atoms. The van der Waals surface area contributed by atoms with Gasteiger partial charge >= 0.3 is 0 Å². The molecular weight excluding hydrogens is 1710 g/mol. The Bertz CT molecular complexity index is 10200. The Labute approximate surface area is 812 Å². The van der Waals surface area contributed by atoms with E-state index in [1.807, 2.05) is 36.4 Å². The molecule has 0 aliphatic heterocycles. The van der Waals surface area contributed by atoms with Gasteiger partial charge in [0, 0.05) is 32.3 Å². The predicted octanol–water partition coefficient (Wildman–Crippen LogP) is 39.6. The van der Waals surface area contributed by atoms with Crippen LogP contribution in [-0.4, -0.2) is 0 Å². The number of hydrogen-bond donors (Lipinski definition) is 0. The van der Waals surface area contributed by atoms with E-state index in [-0.39, 0.29) is 0 Å². The average molecular weight is 1790 g/mol. The van der Waals surface area contributed by atoms with Crippen molar-refractivity contribution in [1.29, 1.82) is 0 Å². The zero-order valence-corrected chi connectivity index (χ0v) is 76.7. The second-order valence-electron chi connectivity index (χ2n) is 37.2. The lowest BCUT2D eigenvalue weighted by molar-refractivity contribution is 0.668. The molecule has 0 aliphatic carbocycles. The van der Waals surface area contributed by atoms with Crippen molar-refractivity contribution in [3.05, 3.63) is 510 Å². The Morgan fingerprint density at radius 2 is 0.369 bits per heavy atom.